The first-order valence-electron chi connectivity index (χ1n) is 5.52. The maximum Gasteiger partial charge on any atom is 0.140 e. The zero-order valence-electron chi connectivity index (χ0n) is 9.11. The number of nitrogens with one attached hydrogen (secondary N) is 1. The summed E-state index contributed by atoms with van der Waals surface area (Å²) in [4.78, 5) is 4.21. The molecule has 0 spiro atoms. The summed E-state index contributed by atoms with van der Waals surface area (Å²) in [5.41, 5.74) is -0.0248. The Labute approximate surface area is 89.5 Å². The third-order valence-electron chi connectivity index (χ3n) is 2.91. The van der Waals surface area contributed by atoms with Crippen LogP contribution in [-0.4, -0.2) is 32.0 Å². The molecule has 1 aliphatic carbocycles. The van der Waals surface area contributed by atoms with Crippen LogP contribution in [0.2, 0.25) is 0 Å². The van der Waals surface area contributed by atoms with Crippen LogP contribution in [0, 0.1) is 0 Å². The molecule has 15 heavy (non-hydrogen) atoms. The zero-order valence-corrected chi connectivity index (χ0v) is 9.11. The SMILES string of the molecule is CCCn1ncnc1CNC1(CO)CC1. The van der Waals surface area contributed by atoms with Crippen molar-refractivity contribution >= 4 is 0 Å². The van der Waals surface area contributed by atoms with Crippen molar-refractivity contribution in [2.75, 3.05) is 6.61 Å². The minimum Gasteiger partial charge on any atom is -0.394 e. The molecule has 5 heteroatoms. The van der Waals surface area contributed by atoms with Crippen LogP contribution >= 0.6 is 0 Å². The first-order valence-corrected chi connectivity index (χ1v) is 5.52. The highest BCUT2D eigenvalue weighted by atomic mass is 16.3. The largest absolute Gasteiger partial charge is 0.394 e. The molecular weight excluding hydrogens is 192 g/mol. The van der Waals surface area contributed by atoms with Crippen LogP contribution in [0.5, 0.6) is 0 Å². The van der Waals surface area contributed by atoms with Crippen molar-refractivity contribution in [1.29, 1.82) is 0 Å². The first kappa shape index (κ1) is 10.6. The number of nitrogens with zero attached hydrogens (tertiary/aromatic N) is 3. The summed E-state index contributed by atoms with van der Waals surface area (Å²) in [6.07, 6.45) is 4.77. The molecule has 1 saturated carbocycles. The smallest absolute Gasteiger partial charge is 0.140 e. The number of aliphatic hydroxyl groups excluding tert-OH is 1. The Balaban J connectivity index is 1.90. The van der Waals surface area contributed by atoms with Crippen molar-refractivity contribution < 1.29 is 5.11 Å². The van der Waals surface area contributed by atoms with E-state index in [1.165, 1.54) is 0 Å². The van der Waals surface area contributed by atoms with E-state index in [1.54, 1.807) is 6.33 Å². The third-order valence-corrected chi connectivity index (χ3v) is 2.91. The van der Waals surface area contributed by atoms with Gasteiger partial charge in [-0.3, -0.25) is 0 Å². The van der Waals surface area contributed by atoms with Crippen molar-refractivity contribution in [2.45, 2.75) is 44.8 Å². The second kappa shape index (κ2) is 4.28. The van der Waals surface area contributed by atoms with Gasteiger partial charge in [0.15, 0.2) is 0 Å². The number of rotatable bonds is 6. The van der Waals surface area contributed by atoms with E-state index >= 15 is 0 Å². The van der Waals surface area contributed by atoms with Crippen molar-refractivity contribution in [3.05, 3.63) is 12.2 Å². The fourth-order valence-corrected chi connectivity index (χ4v) is 1.63. The highest BCUT2D eigenvalue weighted by Gasteiger charge is 2.41. The predicted molar refractivity (Wildman–Crippen MR) is 56.2 cm³/mol. The summed E-state index contributed by atoms with van der Waals surface area (Å²) in [6.45, 7) is 3.94. The maximum atomic E-state index is 9.15. The lowest BCUT2D eigenvalue weighted by Crippen LogP contribution is -2.35. The summed E-state index contributed by atoms with van der Waals surface area (Å²) < 4.78 is 1.92. The van der Waals surface area contributed by atoms with Crippen LogP contribution in [0.4, 0.5) is 0 Å². The molecule has 0 radical (unpaired) electrons. The molecule has 0 bridgehead atoms. The fraction of sp³-hybridized carbons (Fsp3) is 0.800. The van der Waals surface area contributed by atoms with Gasteiger partial charge < -0.3 is 10.4 Å². The second-order valence-electron chi connectivity index (χ2n) is 4.19. The molecule has 0 unspecified atom stereocenters. The number of aryl methyl sites for hydroxylation is 1. The van der Waals surface area contributed by atoms with Gasteiger partial charge in [0.25, 0.3) is 0 Å². The fourth-order valence-electron chi connectivity index (χ4n) is 1.63. The predicted octanol–water partition coefficient (Wildman–Crippen LogP) is 0.303. The van der Waals surface area contributed by atoms with Gasteiger partial charge in [0.05, 0.1) is 13.2 Å². The second-order valence-corrected chi connectivity index (χ2v) is 4.19. The molecule has 1 aromatic rings. The highest BCUT2D eigenvalue weighted by molar-refractivity contribution is 5.02. The van der Waals surface area contributed by atoms with E-state index in [1.807, 2.05) is 4.68 Å². The van der Waals surface area contributed by atoms with E-state index < -0.39 is 0 Å². The Bertz CT molecular complexity index is 319. The monoisotopic (exact) mass is 210 g/mol. The molecule has 0 atom stereocenters. The van der Waals surface area contributed by atoms with Gasteiger partial charge in [-0.1, -0.05) is 6.92 Å². The van der Waals surface area contributed by atoms with Crippen LogP contribution < -0.4 is 5.32 Å². The molecule has 1 fully saturated rings. The van der Waals surface area contributed by atoms with Crippen LogP contribution in [0.1, 0.15) is 32.0 Å². The number of aliphatic hydroxyl groups is 1. The minimum atomic E-state index is -0.0248. The van der Waals surface area contributed by atoms with E-state index in [0.717, 1.165) is 31.6 Å². The van der Waals surface area contributed by atoms with Gasteiger partial charge in [-0.15, -0.1) is 0 Å². The quantitative estimate of drug-likeness (QED) is 0.709. The van der Waals surface area contributed by atoms with Gasteiger partial charge in [0.2, 0.25) is 0 Å². The minimum absolute atomic E-state index is 0.0248. The first-order chi connectivity index (χ1) is 7.29. The lowest BCUT2D eigenvalue weighted by Gasteiger charge is -2.13. The average Bonchev–Trinajstić information content (AvgIpc) is 2.91. The van der Waals surface area contributed by atoms with Gasteiger partial charge in [0.1, 0.15) is 12.2 Å². The van der Waals surface area contributed by atoms with E-state index in [2.05, 4.69) is 22.3 Å². The zero-order chi connectivity index (χ0) is 10.7. The Morgan fingerprint density at radius 1 is 1.60 bits per heavy atom. The van der Waals surface area contributed by atoms with Crippen LogP contribution in [0.25, 0.3) is 0 Å². The third kappa shape index (κ3) is 2.35. The molecular formula is C10H18N4O. The average molecular weight is 210 g/mol. The lowest BCUT2D eigenvalue weighted by atomic mass is 10.3. The van der Waals surface area contributed by atoms with Crippen molar-refractivity contribution in [1.82, 2.24) is 20.1 Å². The van der Waals surface area contributed by atoms with Crippen LogP contribution in [0.15, 0.2) is 6.33 Å². The summed E-state index contributed by atoms with van der Waals surface area (Å²) in [6, 6.07) is 0. The van der Waals surface area contributed by atoms with Crippen molar-refractivity contribution in [3.8, 4) is 0 Å². The van der Waals surface area contributed by atoms with Crippen molar-refractivity contribution in [3.63, 3.8) is 0 Å². The highest BCUT2D eigenvalue weighted by Crippen LogP contribution is 2.34. The number of hydrogen-bond acceptors (Lipinski definition) is 4. The lowest BCUT2D eigenvalue weighted by molar-refractivity contribution is 0.228. The van der Waals surface area contributed by atoms with Gasteiger partial charge in [0, 0.05) is 12.1 Å². The normalized spacial score (nSPS) is 18.0. The van der Waals surface area contributed by atoms with Gasteiger partial charge in [-0.25, -0.2) is 9.67 Å². The summed E-state index contributed by atoms with van der Waals surface area (Å²) in [5.74, 6) is 0.955. The number of aromatic nitrogens is 3. The number of hydrogen-bond donors (Lipinski definition) is 2. The summed E-state index contributed by atoms with van der Waals surface area (Å²) >= 11 is 0. The van der Waals surface area contributed by atoms with Gasteiger partial charge >= 0.3 is 0 Å². The standard InChI is InChI=1S/C10H18N4O/c1-2-5-14-9(11-8-13-14)6-12-10(7-15)3-4-10/h8,12,15H,2-7H2,1H3. The van der Waals surface area contributed by atoms with Crippen LogP contribution in [0.3, 0.4) is 0 Å². The molecule has 0 aromatic carbocycles. The Kier molecular flexibility index (Phi) is 3.02. The molecule has 2 rings (SSSR count). The summed E-state index contributed by atoms with van der Waals surface area (Å²) in [5, 5.41) is 16.7. The Morgan fingerprint density at radius 3 is 3.00 bits per heavy atom. The summed E-state index contributed by atoms with van der Waals surface area (Å²) in [7, 11) is 0. The van der Waals surface area contributed by atoms with E-state index in [0.29, 0.717) is 6.54 Å². The van der Waals surface area contributed by atoms with E-state index in [-0.39, 0.29) is 12.1 Å². The van der Waals surface area contributed by atoms with Crippen LogP contribution in [-0.2, 0) is 13.1 Å². The Hall–Kier alpha value is -0.940. The molecule has 84 valence electrons. The molecule has 1 aromatic heterocycles. The van der Waals surface area contributed by atoms with E-state index in [4.69, 9.17) is 5.11 Å². The topological polar surface area (TPSA) is 63.0 Å². The molecule has 1 heterocycles. The van der Waals surface area contributed by atoms with Crippen molar-refractivity contribution in [2.24, 2.45) is 0 Å². The van der Waals surface area contributed by atoms with Gasteiger partial charge in [-0.05, 0) is 19.3 Å². The molecule has 0 aliphatic heterocycles. The molecule has 5 nitrogen and oxygen atoms in total. The molecule has 0 saturated heterocycles. The maximum absolute atomic E-state index is 9.15. The molecule has 2 N–H and O–H groups in total. The molecule has 1 aliphatic rings. The molecule has 0 amide bonds. The van der Waals surface area contributed by atoms with E-state index in [9.17, 15) is 0 Å². The van der Waals surface area contributed by atoms with Gasteiger partial charge in [-0.2, -0.15) is 5.10 Å². The Morgan fingerprint density at radius 2 is 2.40 bits per heavy atom.